The third-order valence-electron chi connectivity index (χ3n) is 4.29. The molecule has 0 spiro atoms. The van der Waals surface area contributed by atoms with Crippen LogP contribution in [0.4, 0.5) is 5.69 Å². The molecule has 1 aliphatic rings. The molecular weight excluding hydrogens is 346 g/mol. The van der Waals surface area contributed by atoms with E-state index in [-0.39, 0.29) is 24.2 Å². The van der Waals surface area contributed by atoms with E-state index < -0.39 is 0 Å². The van der Waals surface area contributed by atoms with Crippen molar-refractivity contribution in [1.82, 2.24) is 10.3 Å². The molecule has 7 nitrogen and oxygen atoms in total. The Morgan fingerprint density at radius 3 is 2.85 bits per heavy atom. The molecule has 140 valence electrons. The van der Waals surface area contributed by atoms with Gasteiger partial charge in [0.05, 0.1) is 17.9 Å². The molecule has 0 fully saturated rings. The molecule has 0 aliphatic carbocycles. The summed E-state index contributed by atoms with van der Waals surface area (Å²) in [5.74, 6) is 0.208. The SMILES string of the molecule is CC(=O)c1ccc2c(c1)N(CCCC(=O)NCc1ccccn1)C(=O)CO2. The molecule has 1 aromatic carbocycles. The number of fused-ring (bicyclic) bond motifs is 1. The Balaban J connectivity index is 1.56. The number of carbonyl (C=O) groups is 3. The molecule has 7 heteroatoms. The first-order chi connectivity index (χ1) is 13.0. The van der Waals surface area contributed by atoms with Crippen LogP contribution in [-0.2, 0) is 16.1 Å². The normalized spacial score (nSPS) is 12.9. The van der Waals surface area contributed by atoms with Crippen LogP contribution in [0.3, 0.4) is 0 Å². The highest BCUT2D eigenvalue weighted by molar-refractivity contribution is 6.01. The van der Waals surface area contributed by atoms with Crippen molar-refractivity contribution in [2.75, 3.05) is 18.1 Å². The molecule has 0 radical (unpaired) electrons. The molecule has 3 rings (SSSR count). The van der Waals surface area contributed by atoms with Crippen LogP contribution in [0.1, 0.15) is 35.8 Å². The Kier molecular flexibility index (Phi) is 5.80. The molecule has 0 atom stereocenters. The van der Waals surface area contributed by atoms with E-state index in [9.17, 15) is 14.4 Å². The summed E-state index contributed by atoms with van der Waals surface area (Å²) in [7, 11) is 0. The highest BCUT2D eigenvalue weighted by atomic mass is 16.5. The third kappa shape index (κ3) is 4.69. The minimum absolute atomic E-state index is 0.0434. The highest BCUT2D eigenvalue weighted by Crippen LogP contribution is 2.33. The number of amides is 2. The number of ether oxygens (including phenoxy) is 1. The van der Waals surface area contributed by atoms with Gasteiger partial charge in [-0.25, -0.2) is 0 Å². The quantitative estimate of drug-likeness (QED) is 0.757. The maximum absolute atomic E-state index is 12.2. The van der Waals surface area contributed by atoms with Crippen molar-refractivity contribution in [3.63, 3.8) is 0 Å². The zero-order chi connectivity index (χ0) is 19.2. The van der Waals surface area contributed by atoms with Crippen LogP contribution in [0.5, 0.6) is 5.75 Å². The lowest BCUT2D eigenvalue weighted by Crippen LogP contribution is -2.40. The topological polar surface area (TPSA) is 88.6 Å². The van der Waals surface area contributed by atoms with Gasteiger partial charge in [-0.05, 0) is 43.7 Å². The Morgan fingerprint density at radius 1 is 1.26 bits per heavy atom. The maximum Gasteiger partial charge on any atom is 0.265 e. The van der Waals surface area contributed by atoms with Crippen molar-refractivity contribution < 1.29 is 19.1 Å². The van der Waals surface area contributed by atoms with Crippen LogP contribution in [0.2, 0.25) is 0 Å². The van der Waals surface area contributed by atoms with Gasteiger partial charge in [-0.1, -0.05) is 6.07 Å². The Labute approximate surface area is 157 Å². The molecule has 1 aromatic heterocycles. The van der Waals surface area contributed by atoms with Crippen LogP contribution < -0.4 is 15.0 Å². The fraction of sp³-hybridized carbons (Fsp3) is 0.300. The Morgan fingerprint density at radius 2 is 2.11 bits per heavy atom. The van der Waals surface area contributed by atoms with E-state index in [1.54, 1.807) is 29.3 Å². The van der Waals surface area contributed by atoms with E-state index in [4.69, 9.17) is 4.74 Å². The predicted octanol–water partition coefficient (Wildman–Crippen LogP) is 2.11. The number of nitrogens with zero attached hydrogens (tertiary/aromatic N) is 2. The number of benzene rings is 1. The van der Waals surface area contributed by atoms with Gasteiger partial charge in [-0.15, -0.1) is 0 Å². The summed E-state index contributed by atoms with van der Waals surface area (Å²) in [4.78, 5) is 41.6. The van der Waals surface area contributed by atoms with Gasteiger partial charge in [0.25, 0.3) is 5.91 Å². The minimum Gasteiger partial charge on any atom is -0.482 e. The van der Waals surface area contributed by atoms with Gasteiger partial charge in [0, 0.05) is 24.7 Å². The maximum atomic E-state index is 12.2. The lowest BCUT2D eigenvalue weighted by atomic mass is 10.1. The molecule has 1 N–H and O–H groups in total. The van der Waals surface area contributed by atoms with Crippen LogP contribution >= 0.6 is 0 Å². The van der Waals surface area contributed by atoms with Crippen molar-refractivity contribution in [1.29, 1.82) is 0 Å². The summed E-state index contributed by atoms with van der Waals surface area (Å²) < 4.78 is 5.43. The number of rotatable bonds is 7. The van der Waals surface area contributed by atoms with Crippen LogP contribution in [0.15, 0.2) is 42.6 Å². The smallest absolute Gasteiger partial charge is 0.265 e. The zero-order valence-corrected chi connectivity index (χ0v) is 15.1. The van der Waals surface area contributed by atoms with Crippen molar-refractivity contribution in [2.24, 2.45) is 0 Å². The van der Waals surface area contributed by atoms with Gasteiger partial charge in [-0.2, -0.15) is 0 Å². The van der Waals surface area contributed by atoms with Gasteiger partial charge < -0.3 is 15.0 Å². The summed E-state index contributed by atoms with van der Waals surface area (Å²) in [5.41, 5.74) is 1.89. The van der Waals surface area contributed by atoms with E-state index in [0.717, 1.165) is 5.69 Å². The fourth-order valence-corrected chi connectivity index (χ4v) is 2.84. The fourth-order valence-electron chi connectivity index (χ4n) is 2.84. The molecule has 2 amide bonds. The first kappa shape index (κ1) is 18.6. The molecule has 0 saturated heterocycles. The van der Waals surface area contributed by atoms with E-state index >= 15 is 0 Å². The predicted molar refractivity (Wildman–Crippen MR) is 99.6 cm³/mol. The van der Waals surface area contributed by atoms with E-state index in [1.165, 1.54) is 6.92 Å². The van der Waals surface area contributed by atoms with Crippen LogP contribution in [0, 0.1) is 0 Å². The lowest BCUT2D eigenvalue weighted by Gasteiger charge is -2.29. The number of aromatic nitrogens is 1. The molecule has 0 saturated carbocycles. The van der Waals surface area contributed by atoms with Gasteiger partial charge in [0.1, 0.15) is 5.75 Å². The molecule has 0 unspecified atom stereocenters. The molecule has 27 heavy (non-hydrogen) atoms. The largest absolute Gasteiger partial charge is 0.482 e. The second-order valence-corrected chi connectivity index (χ2v) is 6.27. The number of hydrogen-bond donors (Lipinski definition) is 1. The standard InChI is InChI=1S/C20H21N3O4/c1-14(24)15-7-8-18-17(11-15)23(20(26)13-27-18)10-4-6-19(25)22-12-16-5-2-3-9-21-16/h2-3,5,7-9,11H,4,6,10,12-13H2,1H3,(H,22,25). The van der Waals surface area contributed by atoms with Crippen LogP contribution in [-0.4, -0.2) is 35.7 Å². The first-order valence-electron chi connectivity index (χ1n) is 8.79. The average molecular weight is 367 g/mol. The summed E-state index contributed by atoms with van der Waals surface area (Å²) in [6.07, 6.45) is 2.47. The third-order valence-corrected chi connectivity index (χ3v) is 4.29. The monoisotopic (exact) mass is 367 g/mol. The van der Waals surface area contributed by atoms with Crippen molar-refractivity contribution in [2.45, 2.75) is 26.3 Å². The van der Waals surface area contributed by atoms with Crippen molar-refractivity contribution >= 4 is 23.3 Å². The number of ketones is 1. The highest BCUT2D eigenvalue weighted by Gasteiger charge is 2.26. The number of Topliss-reactive ketones (excluding diaryl/α,β-unsaturated/α-hetero) is 1. The van der Waals surface area contributed by atoms with E-state index in [0.29, 0.717) is 42.9 Å². The second kappa shape index (κ2) is 8.44. The summed E-state index contributed by atoms with van der Waals surface area (Å²) in [5, 5.41) is 2.82. The zero-order valence-electron chi connectivity index (χ0n) is 15.1. The lowest BCUT2D eigenvalue weighted by molar-refractivity contribution is -0.123. The first-order valence-corrected chi connectivity index (χ1v) is 8.79. The number of pyridine rings is 1. The number of hydrogen-bond acceptors (Lipinski definition) is 5. The van der Waals surface area contributed by atoms with Gasteiger partial charge in [0.2, 0.25) is 5.91 Å². The van der Waals surface area contributed by atoms with Crippen molar-refractivity contribution in [3.05, 3.63) is 53.9 Å². The van der Waals surface area contributed by atoms with Crippen LogP contribution in [0.25, 0.3) is 0 Å². The Hall–Kier alpha value is -3.22. The van der Waals surface area contributed by atoms with Gasteiger partial charge in [0.15, 0.2) is 12.4 Å². The average Bonchev–Trinajstić information content (AvgIpc) is 2.68. The second-order valence-electron chi connectivity index (χ2n) is 6.27. The summed E-state index contributed by atoms with van der Waals surface area (Å²) >= 11 is 0. The summed E-state index contributed by atoms with van der Waals surface area (Å²) in [6.45, 7) is 2.19. The number of nitrogens with one attached hydrogen (secondary N) is 1. The van der Waals surface area contributed by atoms with Gasteiger partial charge >= 0.3 is 0 Å². The summed E-state index contributed by atoms with van der Waals surface area (Å²) in [6, 6.07) is 10.6. The van der Waals surface area contributed by atoms with E-state index in [1.807, 2.05) is 18.2 Å². The molecule has 0 bridgehead atoms. The Bertz CT molecular complexity index is 852. The van der Waals surface area contributed by atoms with E-state index in [2.05, 4.69) is 10.3 Å². The van der Waals surface area contributed by atoms with Crippen molar-refractivity contribution in [3.8, 4) is 5.75 Å². The minimum atomic E-state index is -0.183. The molecule has 2 aromatic rings. The number of carbonyl (C=O) groups excluding carboxylic acids is 3. The molecule has 2 heterocycles. The number of anilines is 1. The molecular formula is C20H21N3O4. The van der Waals surface area contributed by atoms with Gasteiger partial charge in [-0.3, -0.25) is 19.4 Å². The molecule has 1 aliphatic heterocycles.